The molecule has 2 heterocycles. The summed E-state index contributed by atoms with van der Waals surface area (Å²) in [7, 11) is 1.95. The Morgan fingerprint density at radius 1 is 1.26 bits per heavy atom. The van der Waals surface area contributed by atoms with E-state index >= 15 is 0 Å². The lowest BCUT2D eigenvalue weighted by Crippen LogP contribution is -2.25. The molecule has 0 radical (unpaired) electrons. The van der Waals surface area contributed by atoms with E-state index < -0.39 is 0 Å². The Hall–Kier alpha value is -1.32. The quantitative estimate of drug-likeness (QED) is 0.907. The molecule has 0 unspecified atom stereocenters. The minimum absolute atomic E-state index is 0.400. The fourth-order valence-electron chi connectivity index (χ4n) is 2.89. The lowest BCUT2D eigenvalue weighted by atomic mass is 9.93. The van der Waals surface area contributed by atoms with Gasteiger partial charge in [0.15, 0.2) is 0 Å². The molecule has 0 amide bonds. The molecule has 0 spiro atoms. The van der Waals surface area contributed by atoms with Crippen LogP contribution in [0.1, 0.15) is 50.4 Å². The van der Waals surface area contributed by atoms with E-state index in [0.717, 1.165) is 30.5 Å². The van der Waals surface area contributed by atoms with Gasteiger partial charge in [0.25, 0.3) is 0 Å². The summed E-state index contributed by atoms with van der Waals surface area (Å²) in [4.78, 5) is 12.0. The summed E-state index contributed by atoms with van der Waals surface area (Å²) in [6.45, 7) is 9.01. The van der Waals surface area contributed by atoms with Crippen LogP contribution in [0.5, 0.6) is 0 Å². The van der Waals surface area contributed by atoms with Crippen LogP contribution >= 0.6 is 0 Å². The summed E-state index contributed by atoms with van der Waals surface area (Å²) >= 11 is 0. The first-order valence-corrected chi connectivity index (χ1v) is 7.31. The van der Waals surface area contributed by atoms with Gasteiger partial charge in [-0.2, -0.15) is 0 Å². The van der Waals surface area contributed by atoms with Gasteiger partial charge in [0, 0.05) is 31.6 Å². The molecule has 3 rings (SSSR count). The van der Waals surface area contributed by atoms with Crippen molar-refractivity contribution in [1.29, 1.82) is 0 Å². The number of aromatic nitrogens is 2. The van der Waals surface area contributed by atoms with E-state index in [-0.39, 0.29) is 0 Å². The summed E-state index contributed by atoms with van der Waals surface area (Å²) in [5.74, 6) is 3.78. The highest BCUT2D eigenvalue weighted by Crippen LogP contribution is 2.41. The molecular formula is C15H24N4. The van der Waals surface area contributed by atoms with E-state index in [4.69, 9.17) is 4.98 Å². The molecule has 19 heavy (non-hydrogen) atoms. The predicted octanol–water partition coefficient (Wildman–Crippen LogP) is 2.94. The Kier molecular flexibility index (Phi) is 2.91. The molecule has 0 atom stereocenters. The molecule has 0 aromatic carbocycles. The lowest BCUT2D eigenvalue weighted by molar-refractivity contribution is 0.418. The Balaban J connectivity index is 1.97. The van der Waals surface area contributed by atoms with Crippen molar-refractivity contribution in [1.82, 2.24) is 9.97 Å². The van der Waals surface area contributed by atoms with Gasteiger partial charge in [0.2, 0.25) is 0 Å². The first-order chi connectivity index (χ1) is 9.00. The van der Waals surface area contributed by atoms with Gasteiger partial charge < -0.3 is 10.2 Å². The molecule has 104 valence electrons. The van der Waals surface area contributed by atoms with Gasteiger partial charge in [-0.1, -0.05) is 13.8 Å². The minimum Gasteiger partial charge on any atom is -0.373 e. The second kappa shape index (κ2) is 4.36. The van der Waals surface area contributed by atoms with Crippen LogP contribution in [0, 0.1) is 12.3 Å². The van der Waals surface area contributed by atoms with E-state index in [2.05, 4.69) is 36.0 Å². The number of nitrogens with zero attached hydrogens (tertiary/aromatic N) is 3. The third-order valence-corrected chi connectivity index (χ3v) is 4.29. The van der Waals surface area contributed by atoms with Gasteiger partial charge in [-0.05, 0) is 31.6 Å². The maximum absolute atomic E-state index is 4.87. The van der Waals surface area contributed by atoms with Crippen molar-refractivity contribution in [2.45, 2.75) is 46.0 Å². The molecule has 1 saturated heterocycles. The van der Waals surface area contributed by atoms with Crippen molar-refractivity contribution in [3.63, 3.8) is 0 Å². The van der Waals surface area contributed by atoms with Crippen molar-refractivity contribution < 1.29 is 0 Å². The summed E-state index contributed by atoms with van der Waals surface area (Å²) in [6.07, 6.45) is 3.73. The van der Waals surface area contributed by atoms with Crippen LogP contribution in [0.15, 0.2) is 0 Å². The lowest BCUT2D eigenvalue weighted by Gasteiger charge is -2.23. The smallest absolute Gasteiger partial charge is 0.137 e. The fourth-order valence-corrected chi connectivity index (χ4v) is 2.89. The SMILES string of the molecule is CNc1nc(C2CC2)nc(N2CCC(C)(C)C2)c1C. The first kappa shape index (κ1) is 12.7. The van der Waals surface area contributed by atoms with Crippen molar-refractivity contribution in [2.24, 2.45) is 5.41 Å². The van der Waals surface area contributed by atoms with Crippen molar-refractivity contribution in [3.8, 4) is 0 Å². The summed E-state index contributed by atoms with van der Waals surface area (Å²) in [6, 6.07) is 0. The molecule has 1 saturated carbocycles. The molecule has 4 heteroatoms. The van der Waals surface area contributed by atoms with Crippen molar-refractivity contribution >= 4 is 11.6 Å². The van der Waals surface area contributed by atoms with Gasteiger partial charge in [-0.25, -0.2) is 9.97 Å². The van der Waals surface area contributed by atoms with Crippen LogP contribution in [0.4, 0.5) is 11.6 Å². The van der Waals surface area contributed by atoms with E-state index in [1.807, 2.05) is 7.05 Å². The fraction of sp³-hybridized carbons (Fsp3) is 0.733. The maximum Gasteiger partial charge on any atom is 0.137 e. The molecule has 2 aliphatic rings. The van der Waals surface area contributed by atoms with Gasteiger partial charge >= 0.3 is 0 Å². The zero-order valence-electron chi connectivity index (χ0n) is 12.5. The van der Waals surface area contributed by atoms with Gasteiger partial charge in [0.1, 0.15) is 17.5 Å². The standard InChI is InChI=1S/C15H24N4/c1-10-12(16-4)17-13(11-5-6-11)18-14(10)19-8-7-15(2,3)9-19/h11H,5-9H2,1-4H3,(H,16,17,18). The normalized spacial score (nSPS) is 21.8. The maximum atomic E-state index is 4.87. The molecule has 1 N–H and O–H groups in total. The highest BCUT2D eigenvalue weighted by atomic mass is 15.2. The molecule has 2 fully saturated rings. The second-order valence-electron chi connectivity index (χ2n) is 6.74. The molecular weight excluding hydrogens is 236 g/mol. The Bertz CT molecular complexity index is 491. The first-order valence-electron chi connectivity index (χ1n) is 7.31. The molecule has 0 bridgehead atoms. The van der Waals surface area contributed by atoms with Crippen LogP contribution < -0.4 is 10.2 Å². The third-order valence-electron chi connectivity index (χ3n) is 4.29. The number of hydrogen-bond acceptors (Lipinski definition) is 4. The topological polar surface area (TPSA) is 41.1 Å². The van der Waals surface area contributed by atoms with Crippen LogP contribution in [-0.4, -0.2) is 30.1 Å². The summed E-state index contributed by atoms with van der Waals surface area (Å²) in [5.41, 5.74) is 1.58. The Labute approximate surface area is 115 Å². The third kappa shape index (κ3) is 2.40. The molecule has 1 aliphatic heterocycles. The Morgan fingerprint density at radius 3 is 2.53 bits per heavy atom. The average molecular weight is 260 g/mol. The van der Waals surface area contributed by atoms with E-state index in [0.29, 0.717) is 11.3 Å². The molecule has 4 nitrogen and oxygen atoms in total. The molecule has 1 aromatic rings. The monoisotopic (exact) mass is 260 g/mol. The van der Waals surface area contributed by atoms with Crippen molar-refractivity contribution in [2.75, 3.05) is 30.4 Å². The van der Waals surface area contributed by atoms with Crippen molar-refractivity contribution in [3.05, 3.63) is 11.4 Å². The summed E-state index contributed by atoms with van der Waals surface area (Å²) in [5, 5.41) is 3.23. The number of hydrogen-bond donors (Lipinski definition) is 1. The zero-order chi connectivity index (χ0) is 13.6. The molecule has 1 aromatic heterocycles. The van der Waals surface area contributed by atoms with Crippen LogP contribution in [0.3, 0.4) is 0 Å². The van der Waals surface area contributed by atoms with Crippen LogP contribution in [0.2, 0.25) is 0 Å². The average Bonchev–Trinajstić information content (AvgIpc) is 3.14. The summed E-state index contributed by atoms with van der Waals surface area (Å²) < 4.78 is 0. The highest BCUT2D eigenvalue weighted by molar-refractivity contribution is 5.59. The zero-order valence-corrected chi connectivity index (χ0v) is 12.5. The van der Waals surface area contributed by atoms with E-state index in [9.17, 15) is 0 Å². The van der Waals surface area contributed by atoms with E-state index in [1.54, 1.807) is 0 Å². The van der Waals surface area contributed by atoms with Gasteiger partial charge in [0.05, 0.1) is 0 Å². The minimum atomic E-state index is 0.400. The molecule has 1 aliphatic carbocycles. The number of nitrogens with one attached hydrogen (secondary N) is 1. The van der Waals surface area contributed by atoms with Crippen LogP contribution in [0.25, 0.3) is 0 Å². The highest BCUT2D eigenvalue weighted by Gasteiger charge is 2.33. The Morgan fingerprint density at radius 2 is 2.00 bits per heavy atom. The van der Waals surface area contributed by atoms with E-state index in [1.165, 1.54) is 24.8 Å². The second-order valence-corrected chi connectivity index (χ2v) is 6.74. The largest absolute Gasteiger partial charge is 0.373 e. The van der Waals surface area contributed by atoms with Gasteiger partial charge in [-0.3, -0.25) is 0 Å². The number of anilines is 2. The van der Waals surface area contributed by atoms with Gasteiger partial charge in [-0.15, -0.1) is 0 Å². The predicted molar refractivity (Wildman–Crippen MR) is 78.9 cm³/mol. The van der Waals surface area contributed by atoms with Crippen LogP contribution in [-0.2, 0) is 0 Å². The number of rotatable bonds is 3.